The molecule has 1 aromatic heterocycles. The lowest BCUT2D eigenvalue weighted by Gasteiger charge is -2.35. The molecule has 9 nitrogen and oxygen atoms in total. The molecule has 0 bridgehead atoms. The van der Waals surface area contributed by atoms with E-state index < -0.39 is 18.0 Å². The Labute approximate surface area is 193 Å². The second-order valence-corrected chi connectivity index (χ2v) is 8.27. The van der Waals surface area contributed by atoms with E-state index in [1.807, 2.05) is 9.80 Å². The molecule has 1 N–H and O–H groups in total. The van der Waals surface area contributed by atoms with Crippen LogP contribution in [-0.2, 0) is 9.53 Å². The number of oxazole rings is 1. The van der Waals surface area contributed by atoms with Crippen molar-refractivity contribution < 1.29 is 27.5 Å². The maximum absolute atomic E-state index is 15.0. The summed E-state index contributed by atoms with van der Waals surface area (Å²) < 4.78 is 39.4. The van der Waals surface area contributed by atoms with Gasteiger partial charge in [0.1, 0.15) is 23.3 Å². The predicted molar refractivity (Wildman–Crippen MR) is 121 cm³/mol. The third kappa shape index (κ3) is 4.33. The molecule has 2 fully saturated rings. The number of anilines is 3. The number of rotatable bonds is 5. The highest BCUT2D eigenvalue weighted by atomic mass is 19.1. The molecule has 0 spiro atoms. The lowest BCUT2D eigenvalue weighted by molar-refractivity contribution is -0.119. The Morgan fingerprint density at radius 2 is 1.88 bits per heavy atom. The van der Waals surface area contributed by atoms with Gasteiger partial charge in [0.2, 0.25) is 5.91 Å². The van der Waals surface area contributed by atoms with Gasteiger partial charge in [0.15, 0.2) is 5.58 Å². The van der Waals surface area contributed by atoms with Crippen molar-refractivity contribution in [3.05, 3.63) is 48.0 Å². The molecule has 2 saturated heterocycles. The van der Waals surface area contributed by atoms with Crippen molar-refractivity contribution in [2.24, 2.45) is 0 Å². The Bertz CT molecular complexity index is 1240. The molecule has 11 heteroatoms. The number of ether oxygens (including phenoxy) is 1. The molecule has 1 atom stereocenters. The Morgan fingerprint density at radius 3 is 2.62 bits per heavy atom. The summed E-state index contributed by atoms with van der Waals surface area (Å²) in [7, 11) is 0. The quantitative estimate of drug-likeness (QED) is 0.612. The largest absolute Gasteiger partial charge is 0.442 e. The zero-order valence-electron chi connectivity index (χ0n) is 18.5. The van der Waals surface area contributed by atoms with E-state index in [0.29, 0.717) is 54.7 Å². The fraction of sp³-hybridized carbons (Fsp3) is 0.348. The minimum absolute atomic E-state index is 0.206. The van der Waals surface area contributed by atoms with Crippen LogP contribution in [0.15, 0.2) is 40.8 Å². The zero-order chi connectivity index (χ0) is 23.8. The van der Waals surface area contributed by atoms with Gasteiger partial charge < -0.3 is 24.3 Å². The van der Waals surface area contributed by atoms with Gasteiger partial charge in [-0.25, -0.2) is 13.6 Å². The molecule has 3 aromatic rings. The van der Waals surface area contributed by atoms with Crippen molar-refractivity contribution in [2.45, 2.75) is 13.0 Å². The van der Waals surface area contributed by atoms with Crippen LogP contribution in [0.4, 0.5) is 31.0 Å². The Hall–Kier alpha value is -3.89. The standard InChI is InChI=1S/C23H23F2N5O4/c1-14(31)26-12-17-13-30(23(32)33-17)16-3-4-20(18(25)11-16)28-6-8-29(9-7-28)22-27-19-10-15(24)2-5-21(19)34-22/h2-5,10-11,17H,6-9,12-13H2,1H3,(H,26,31)/t17-/m0/s1. The number of nitrogens with zero attached hydrogens (tertiary/aromatic N) is 4. The van der Waals surface area contributed by atoms with E-state index in [1.165, 1.54) is 30.0 Å². The molecule has 2 aliphatic rings. The van der Waals surface area contributed by atoms with Crippen LogP contribution in [0.3, 0.4) is 0 Å². The molecule has 5 rings (SSSR count). The van der Waals surface area contributed by atoms with Crippen LogP contribution in [0.5, 0.6) is 0 Å². The summed E-state index contributed by atoms with van der Waals surface area (Å²) in [4.78, 5) is 32.8. The number of benzene rings is 2. The van der Waals surface area contributed by atoms with Crippen molar-refractivity contribution in [3.63, 3.8) is 0 Å². The minimum Gasteiger partial charge on any atom is -0.442 e. The average Bonchev–Trinajstić information content (AvgIpc) is 3.40. The predicted octanol–water partition coefficient (Wildman–Crippen LogP) is 2.89. The van der Waals surface area contributed by atoms with Gasteiger partial charge >= 0.3 is 6.09 Å². The van der Waals surface area contributed by atoms with E-state index in [2.05, 4.69) is 10.3 Å². The molecular formula is C23H23F2N5O4. The zero-order valence-corrected chi connectivity index (χ0v) is 18.5. The number of cyclic esters (lactones) is 1. The summed E-state index contributed by atoms with van der Waals surface area (Å²) in [5, 5.41) is 2.61. The van der Waals surface area contributed by atoms with E-state index in [4.69, 9.17) is 9.15 Å². The van der Waals surface area contributed by atoms with Crippen molar-refractivity contribution >= 4 is 40.5 Å². The fourth-order valence-electron chi connectivity index (χ4n) is 4.18. The van der Waals surface area contributed by atoms with Crippen LogP contribution in [0.2, 0.25) is 0 Å². The number of halogens is 2. The molecular weight excluding hydrogens is 448 g/mol. The molecule has 178 valence electrons. The van der Waals surface area contributed by atoms with Gasteiger partial charge in [-0.05, 0) is 30.3 Å². The lowest BCUT2D eigenvalue weighted by Crippen LogP contribution is -2.47. The van der Waals surface area contributed by atoms with Gasteiger partial charge in [-0.15, -0.1) is 0 Å². The Kier molecular flexibility index (Phi) is 5.68. The molecule has 0 saturated carbocycles. The van der Waals surface area contributed by atoms with Crippen molar-refractivity contribution in [1.29, 1.82) is 0 Å². The summed E-state index contributed by atoms with van der Waals surface area (Å²) in [6, 6.07) is 9.27. The smallest absolute Gasteiger partial charge is 0.414 e. The fourth-order valence-corrected chi connectivity index (χ4v) is 4.18. The summed E-state index contributed by atoms with van der Waals surface area (Å²) in [6.45, 7) is 4.00. The normalized spacial score (nSPS) is 18.5. The number of nitrogens with one attached hydrogen (secondary N) is 1. The highest BCUT2D eigenvalue weighted by Gasteiger charge is 2.33. The number of carbonyl (C=O) groups excluding carboxylic acids is 2. The van der Waals surface area contributed by atoms with E-state index in [-0.39, 0.29) is 24.8 Å². The first-order valence-electron chi connectivity index (χ1n) is 11.0. The summed E-state index contributed by atoms with van der Waals surface area (Å²) >= 11 is 0. The molecule has 2 aromatic carbocycles. The van der Waals surface area contributed by atoms with Gasteiger partial charge in [0.25, 0.3) is 6.01 Å². The second-order valence-electron chi connectivity index (χ2n) is 8.27. The number of amides is 2. The summed E-state index contributed by atoms with van der Waals surface area (Å²) in [6.07, 6.45) is -1.06. The maximum atomic E-state index is 15.0. The number of fused-ring (bicyclic) bond motifs is 1. The highest BCUT2D eigenvalue weighted by molar-refractivity contribution is 5.90. The van der Waals surface area contributed by atoms with E-state index in [0.717, 1.165) is 0 Å². The summed E-state index contributed by atoms with van der Waals surface area (Å²) in [5.74, 6) is -1.03. The van der Waals surface area contributed by atoms with Gasteiger partial charge in [-0.1, -0.05) is 0 Å². The first-order valence-corrected chi connectivity index (χ1v) is 11.0. The second kappa shape index (κ2) is 8.81. The molecule has 2 amide bonds. The average molecular weight is 471 g/mol. The number of carbonyl (C=O) groups is 2. The molecule has 0 unspecified atom stereocenters. The third-order valence-corrected chi connectivity index (χ3v) is 5.92. The van der Waals surface area contributed by atoms with Gasteiger partial charge in [-0.2, -0.15) is 4.98 Å². The molecule has 0 radical (unpaired) electrons. The van der Waals surface area contributed by atoms with Gasteiger partial charge in [0.05, 0.1) is 24.5 Å². The van der Waals surface area contributed by atoms with Gasteiger partial charge in [0, 0.05) is 39.2 Å². The third-order valence-electron chi connectivity index (χ3n) is 5.92. The SMILES string of the molecule is CC(=O)NC[C@H]1CN(c2ccc(N3CCN(c4nc5cc(F)ccc5o4)CC3)c(F)c2)C(=O)O1. The van der Waals surface area contributed by atoms with Crippen molar-refractivity contribution in [3.8, 4) is 0 Å². The topological polar surface area (TPSA) is 91.2 Å². The lowest BCUT2D eigenvalue weighted by atomic mass is 10.2. The molecule has 2 aliphatic heterocycles. The first kappa shape index (κ1) is 21.9. The Morgan fingerprint density at radius 1 is 1.12 bits per heavy atom. The Balaban J connectivity index is 1.23. The van der Waals surface area contributed by atoms with Crippen LogP contribution in [0.1, 0.15) is 6.92 Å². The maximum Gasteiger partial charge on any atom is 0.414 e. The van der Waals surface area contributed by atoms with E-state index in [1.54, 1.807) is 18.2 Å². The molecule has 0 aliphatic carbocycles. The van der Waals surface area contributed by atoms with Crippen LogP contribution < -0.4 is 20.0 Å². The van der Waals surface area contributed by atoms with Crippen LogP contribution >= 0.6 is 0 Å². The minimum atomic E-state index is -0.575. The van der Waals surface area contributed by atoms with Crippen LogP contribution in [0.25, 0.3) is 11.1 Å². The number of piperazine rings is 1. The van der Waals surface area contributed by atoms with Crippen LogP contribution in [-0.4, -0.2) is 62.4 Å². The summed E-state index contributed by atoms with van der Waals surface area (Å²) in [5.41, 5.74) is 1.80. The first-order chi connectivity index (χ1) is 16.4. The highest BCUT2D eigenvalue weighted by Crippen LogP contribution is 2.30. The molecule has 34 heavy (non-hydrogen) atoms. The van der Waals surface area contributed by atoms with Crippen molar-refractivity contribution in [1.82, 2.24) is 10.3 Å². The van der Waals surface area contributed by atoms with Crippen molar-refractivity contribution in [2.75, 3.05) is 54.0 Å². The number of hydrogen-bond acceptors (Lipinski definition) is 7. The van der Waals surface area contributed by atoms with E-state index in [9.17, 15) is 14.0 Å². The number of aromatic nitrogens is 1. The monoisotopic (exact) mass is 471 g/mol. The number of hydrogen-bond donors (Lipinski definition) is 1. The van der Waals surface area contributed by atoms with Crippen LogP contribution in [0, 0.1) is 11.6 Å². The molecule has 3 heterocycles. The van der Waals surface area contributed by atoms with E-state index >= 15 is 4.39 Å². The van der Waals surface area contributed by atoms with Gasteiger partial charge in [-0.3, -0.25) is 9.69 Å².